The Morgan fingerprint density at radius 2 is 1.83 bits per heavy atom. The smallest absolute Gasteiger partial charge is 0.374 e. The molecule has 1 aromatic heterocycles. The lowest BCUT2D eigenvalue weighted by Crippen LogP contribution is -2.43. The maximum Gasteiger partial charge on any atom is 0.374 e. The van der Waals surface area contributed by atoms with E-state index in [4.69, 9.17) is 9.15 Å². The molecule has 1 fully saturated rings. The number of sulfonamides is 1. The van der Waals surface area contributed by atoms with Crippen LogP contribution in [0.1, 0.15) is 37.2 Å². The predicted molar refractivity (Wildman–Crippen MR) is 103 cm³/mol. The van der Waals surface area contributed by atoms with Crippen LogP contribution in [-0.2, 0) is 29.4 Å². The zero-order valence-corrected chi connectivity index (χ0v) is 18.1. The van der Waals surface area contributed by atoms with E-state index in [2.05, 4.69) is 5.32 Å². The first-order chi connectivity index (χ1) is 13.6. The fourth-order valence-corrected chi connectivity index (χ4v) is 4.96. The van der Waals surface area contributed by atoms with Crippen LogP contribution in [0, 0.1) is 5.92 Å². The Morgan fingerprint density at radius 3 is 2.41 bits per heavy atom. The van der Waals surface area contributed by atoms with Gasteiger partial charge in [0.15, 0.2) is 9.84 Å². The molecule has 1 aliphatic heterocycles. The van der Waals surface area contributed by atoms with Gasteiger partial charge in [0.05, 0.1) is 12.4 Å². The summed E-state index contributed by atoms with van der Waals surface area (Å²) in [5.41, 5.74) is 0. The van der Waals surface area contributed by atoms with Gasteiger partial charge in [-0.15, -0.1) is 0 Å². The third kappa shape index (κ3) is 6.03. The molecule has 1 amide bonds. The van der Waals surface area contributed by atoms with Crippen molar-refractivity contribution in [1.29, 1.82) is 0 Å². The fourth-order valence-electron chi connectivity index (χ4n) is 2.87. The first kappa shape index (κ1) is 23.4. The molecule has 1 aliphatic rings. The quantitative estimate of drug-likeness (QED) is 0.534. The molecule has 2 rings (SSSR count). The number of piperidine rings is 1. The maximum absolute atomic E-state index is 12.7. The molecule has 164 valence electrons. The standard InChI is InChI=1S/C17H26N2O8S2/c1-3-26-17(21)14-5-6-15(27-14)29(24,25)19-10-7-13(8-11-19)16(20)18-9-12-28(22,23)4-2/h5-6,13H,3-4,7-12H2,1-2H3,(H,18,20). The largest absolute Gasteiger partial charge is 0.460 e. The maximum atomic E-state index is 12.7. The van der Waals surface area contributed by atoms with Crippen molar-refractivity contribution < 1.29 is 35.6 Å². The van der Waals surface area contributed by atoms with Gasteiger partial charge < -0.3 is 14.5 Å². The van der Waals surface area contributed by atoms with Crippen molar-refractivity contribution >= 4 is 31.7 Å². The summed E-state index contributed by atoms with van der Waals surface area (Å²) < 4.78 is 59.4. The highest BCUT2D eigenvalue weighted by Crippen LogP contribution is 2.25. The molecular formula is C17H26N2O8S2. The molecule has 1 aromatic rings. The van der Waals surface area contributed by atoms with Crippen molar-refractivity contribution in [3.05, 3.63) is 17.9 Å². The average molecular weight is 451 g/mol. The lowest BCUT2D eigenvalue weighted by molar-refractivity contribution is -0.125. The van der Waals surface area contributed by atoms with Crippen LogP contribution in [0.3, 0.4) is 0 Å². The molecule has 0 spiro atoms. The first-order valence-electron chi connectivity index (χ1n) is 9.36. The number of esters is 1. The monoisotopic (exact) mass is 450 g/mol. The van der Waals surface area contributed by atoms with Gasteiger partial charge in [-0.1, -0.05) is 6.92 Å². The van der Waals surface area contributed by atoms with Gasteiger partial charge in [0, 0.05) is 31.3 Å². The average Bonchev–Trinajstić information content (AvgIpc) is 3.19. The van der Waals surface area contributed by atoms with Gasteiger partial charge in [-0.2, -0.15) is 4.31 Å². The van der Waals surface area contributed by atoms with Crippen molar-refractivity contribution in [2.24, 2.45) is 5.92 Å². The normalized spacial score (nSPS) is 16.5. The van der Waals surface area contributed by atoms with Gasteiger partial charge in [0.1, 0.15) is 0 Å². The van der Waals surface area contributed by atoms with E-state index in [1.54, 1.807) is 13.8 Å². The number of carbonyl (C=O) groups excluding carboxylic acids is 2. The number of amides is 1. The molecule has 0 aromatic carbocycles. The third-order valence-electron chi connectivity index (χ3n) is 4.63. The van der Waals surface area contributed by atoms with Crippen molar-refractivity contribution in [2.45, 2.75) is 31.8 Å². The van der Waals surface area contributed by atoms with E-state index < -0.39 is 31.7 Å². The van der Waals surface area contributed by atoms with Crippen molar-refractivity contribution in [3.8, 4) is 0 Å². The Bertz CT molecular complexity index is 928. The highest BCUT2D eigenvalue weighted by molar-refractivity contribution is 7.91. The van der Waals surface area contributed by atoms with E-state index in [1.165, 1.54) is 16.4 Å². The van der Waals surface area contributed by atoms with Crippen LogP contribution in [0.15, 0.2) is 21.6 Å². The number of sulfone groups is 1. The molecule has 29 heavy (non-hydrogen) atoms. The summed E-state index contributed by atoms with van der Waals surface area (Å²) in [5.74, 6) is -1.71. The molecule has 0 radical (unpaired) electrons. The first-order valence-corrected chi connectivity index (χ1v) is 12.6. The van der Waals surface area contributed by atoms with Gasteiger partial charge in [0.2, 0.25) is 16.8 Å². The highest BCUT2D eigenvalue weighted by Gasteiger charge is 2.34. The van der Waals surface area contributed by atoms with E-state index in [9.17, 15) is 26.4 Å². The van der Waals surface area contributed by atoms with Crippen LogP contribution in [0.25, 0.3) is 0 Å². The van der Waals surface area contributed by atoms with E-state index >= 15 is 0 Å². The van der Waals surface area contributed by atoms with Gasteiger partial charge in [-0.3, -0.25) is 4.79 Å². The lowest BCUT2D eigenvalue weighted by Gasteiger charge is -2.29. The van der Waals surface area contributed by atoms with Crippen LogP contribution in [0.5, 0.6) is 0 Å². The van der Waals surface area contributed by atoms with Crippen LogP contribution in [-0.4, -0.2) is 70.8 Å². The summed E-state index contributed by atoms with van der Waals surface area (Å²) >= 11 is 0. The number of furan rings is 1. The summed E-state index contributed by atoms with van der Waals surface area (Å²) in [7, 11) is -7.09. The molecule has 0 unspecified atom stereocenters. The van der Waals surface area contributed by atoms with Crippen LogP contribution >= 0.6 is 0 Å². The number of ether oxygens (including phenoxy) is 1. The second-order valence-electron chi connectivity index (χ2n) is 6.54. The summed E-state index contributed by atoms with van der Waals surface area (Å²) in [5, 5.41) is 2.25. The zero-order chi connectivity index (χ0) is 21.7. The van der Waals surface area contributed by atoms with Crippen molar-refractivity contribution in [1.82, 2.24) is 9.62 Å². The van der Waals surface area contributed by atoms with Gasteiger partial charge in [-0.05, 0) is 31.9 Å². The molecule has 2 heterocycles. The minimum absolute atomic E-state index is 0.0176. The fraction of sp³-hybridized carbons (Fsp3) is 0.647. The molecule has 0 atom stereocenters. The van der Waals surface area contributed by atoms with E-state index in [0.29, 0.717) is 12.8 Å². The summed E-state index contributed by atoms with van der Waals surface area (Å²) in [6.45, 7) is 3.58. The summed E-state index contributed by atoms with van der Waals surface area (Å²) in [4.78, 5) is 23.8. The molecule has 12 heteroatoms. The number of nitrogens with one attached hydrogen (secondary N) is 1. The SMILES string of the molecule is CCOC(=O)c1ccc(S(=O)(=O)N2CCC(C(=O)NCCS(=O)(=O)CC)CC2)o1. The van der Waals surface area contributed by atoms with Gasteiger partial charge in [0.25, 0.3) is 10.0 Å². The van der Waals surface area contributed by atoms with Crippen LogP contribution in [0.2, 0.25) is 0 Å². The molecule has 1 N–H and O–H groups in total. The van der Waals surface area contributed by atoms with E-state index in [1.807, 2.05) is 0 Å². The molecule has 1 saturated heterocycles. The number of hydrogen-bond acceptors (Lipinski definition) is 8. The topological polar surface area (TPSA) is 140 Å². The van der Waals surface area contributed by atoms with Gasteiger partial charge >= 0.3 is 5.97 Å². The number of hydrogen-bond donors (Lipinski definition) is 1. The van der Waals surface area contributed by atoms with Crippen LogP contribution in [0.4, 0.5) is 0 Å². The second-order valence-corrected chi connectivity index (χ2v) is 10.9. The minimum atomic E-state index is -3.93. The number of carbonyl (C=O) groups is 2. The lowest BCUT2D eigenvalue weighted by atomic mass is 9.97. The second kappa shape index (κ2) is 9.72. The summed E-state index contributed by atoms with van der Waals surface area (Å²) in [6.07, 6.45) is 0.605. The number of rotatable bonds is 9. The molecule has 10 nitrogen and oxygen atoms in total. The highest BCUT2D eigenvalue weighted by atomic mass is 32.2. The summed E-state index contributed by atoms with van der Waals surface area (Å²) in [6, 6.07) is 2.45. The zero-order valence-electron chi connectivity index (χ0n) is 16.4. The number of nitrogens with zero attached hydrogens (tertiary/aromatic N) is 1. The Hall–Kier alpha value is -1.92. The molecular weight excluding hydrogens is 424 g/mol. The Balaban J connectivity index is 1.91. The van der Waals surface area contributed by atoms with E-state index in [-0.39, 0.29) is 54.5 Å². The molecule has 0 saturated carbocycles. The Kier molecular flexibility index (Phi) is 7.83. The van der Waals surface area contributed by atoms with Crippen LogP contribution < -0.4 is 5.32 Å². The van der Waals surface area contributed by atoms with Gasteiger partial charge in [-0.25, -0.2) is 21.6 Å². The minimum Gasteiger partial charge on any atom is -0.460 e. The predicted octanol–water partition coefficient (Wildman–Crippen LogP) is 0.408. The molecule has 0 bridgehead atoms. The Labute approximate surface area is 170 Å². The van der Waals surface area contributed by atoms with Crippen molar-refractivity contribution in [3.63, 3.8) is 0 Å². The Morgan fingerprint density at radius 1 is 1.17 bits per heavy atom. The van der Waals surface area contributed by atoms with E-state index in [0.717, 1.165) is 0 Å². The molecule has 0 aliphatic carbocycles. The van der Waals surface area contributed by atoms with Crippen molar-refractivity contribution in [2.75, 3.05) is 37.7 Å². The third-order valence-corrected chi connectivity index (χ3v) is 8.11.